The first kappa shape index (κ1) is 16.0. The molecule has 1 atom stereocenters. The van der Waals surface area contributed by atoms with Crippen LogP contribution < -0.4 is 5.73 Å². The molecular formula is C15H21N3O2S. The molecule has 6 heteroatoms. The Kier molecular flexibility index (Phi) is 5.34. The van der Waals surface area contributed by atoms with Crippen LogP contribution >= 0.6 is 0 Å². The maximum Gasteiger partial charge on any atom is 0.179 e. The molecule has 2 N–H and O–H groups in total. The summed E-state index contributed by atoms with van der Waals surface area (Å²) in [6.07, 6.45) is 2.22. The Labute approximate surface area is 126 Å². The lowest BCUT2D eigenvalue weighted by atomic mass is 9.98. The van der Waals surface area contributed by atoms with Crippen LogP contribution in [-0.2, 0) is 9.84 Å². The summed E-state index contributed by atoms with van der Waals surface area (Å²) in [4.78, 5) is 2.47. The summed E-state index contributed by atoms with van der Waals surface area (Å²) >= 11 is 0. The second-order valence-electron chi connectivity index (χ2n) is 5.50. The van der Waals surface area contributed by atoms with E-state index in [1.807, 2.05) is 6.07 Å². The van der Waals surface area contributed by atoms with E-state index in [9.17, 15) is 8.42 Å². The summed E-state index contributed by atoms with van der Waals surface area (Å²) in [5.74, 6) is 0.590. The summed E-state index contributed by atoms with van der Waals surface area (Å²) in [7, 11) is -3.29. The number of nitriles is 1. The Bertz CT molecular complexity index is 605. The first-order valence-electron chi connectivity index (χ1n) is 7.20. The van der Waals surface area contributed by atoms with Crippen LogP contribution in [0.2, 0.25) is 0 Å². The van der Waals surface area contributed by atoms with Crippen molar-refractivity contribution in [3.63, 3.8) is 0 Å². The van der Waals surface area contributed by atoms with Crippen LogP contribution in [0.25, 0.3) is 0 Å². The maximum absolute atomic E-state index is 12.3. The molecule has 0 bridgehead atoms. The van der Waals surface area contributed by atoms with Gasteiger partial charge >= 0.3 is 0 Å². The molecule has 0 saturated carbocycles. The van der Waals surface area contributed by atoms with Gasteiger partial charge in [-0.2, -0.15) is 5.26 Å². The molecule has 0 aliphatic carbocycles. The number of sulfone groups is 1. The second-order valence-corrected chi connectivity index (χ2v) is 7.61. The minimum Gasteiger partial charge on any atom is -0.330 e. The predicted molar refractivity (Wildman–Crippen MR) is 81.4 cm³/mol. The third-order valence-corrected chi connectivity index (χ3v) is 5.67. The van der Waals surface area contributed by atoms with E-state index in [1.165, 1.54) is 24.3 Å². The monoisotopic (exact) mass is 307 g/mol. The van der Waals surface area contributed by atoms with Gasteiger partial charge in [-0.25, -0.2) is 8.42 Å². The Hall–Kier alpha value is -1.42. The number of nitrogens with two attached hydrogens (primary N) is 1. The number of nitrogens with zero attached hydrogens (tertiary/aromatic N) is 2. The molecule has 0 radical (unpaired) electrons. The molecule has 0 aromatic heterocycles. The number of piperidine rings is 1. The minimum atomic E-state index is -3.29. The largest absolute Gasteiger partial charge is 0.330 e. The highest BCUT2D eigenvalue weighted by atomic mass is 32.2. The van der Waals surface area contributed by atoms with E-state index in [0.717, 1.165) is 25.9 Å². The fourth-order valence-corrected chi connectivity index (χ4v) is 3.94. The highest BCUT2D eigenvalue weighted by Crippen LogP contribution is 2.17. The lowest BCUT2D eigenvalue weighted by molar-refractivity contribution is 0.187. The van der Waals surface area contributed by atoms with Crippen molar-refractivity contribution in [1.82, 2.24) is 4.90 Å². The lowest BCUT2D eigenvalue weighted by Gasteiger charge is -2.31. The van der Waals surface area contributed by atoms with Crippen molar-refractivity contribution in [2.24, 2.45) is 11.7 Å². The zero-order chi connectivity index (χ0) is 15.3. The maximum atomic E-state index is 12.3. The van der Waals surface area contributed by atoms with Crippen LogP contribution in [0.15, 0.2) is 29.2 Å². The van der Waals surface area contributed by atoms with Crippen LogP contribution in [0.3, 0.4) is 0 Å². The molecule has 114 valence electrons. The first-order chi connectivity index (χ1) is 10.0. The van der Waals surface area contributed by atoms with Gasteiger partial charge in [-0.3, -0.25) is 0 Å². The highest BCUT2D eigenvalue weighted by molar-refractivity contribution is 7.91. The van der Waals surface area contributed by atoms with E-state index >= 15 is 0 Å². The molecule has 1 unspecified atom stereocenters. The van der Waals surface area contributed by atoms with Crippen molar-refractivity contribution >= 4 is 9.84 Å². The molecule has 5 nitrogen and oxygen atoms in total. The smallest absolute Gasteiger partial charge is 0.179 e. The summed E-state index contributed by atoms with van der Waals surface area (Å²) in [6.45, 7) is 3.04. The molecule has 0 spiro atoms. The molecule has 2 rings (SSSR count). The van der Waals surface area contributed by atoms with E-state index in [2.05, 4.69) is 4.90 Å². The summed E-state index contributed by atoms with van der Waals surface area (Å²) in [5.41, 5.74) is 6.16. The first-order valence-corrected chi connectivity index (χ1v) is 8.86. The van der Waals surface area contributed by atoms with Crippen LogP contribution in [-0.4, -0.2) is 45.2 Å². The van der Waals surface area contributed by atoms with Crippen molar-refractivity contribution in [3.05, 3.63) is 29.8 Å². The Morgan fingerprint density at radius 3 is 2.67 bits per heavy atom. The van der Waals surface area contributed by atoms with Crippen molar-refractivity contribution in [2.75, 3.05) is 31.9 Å². The van der Waals surface area contributed by atoms with Crippen LogP contribution in [0.1, 0.15) is 18.4 Å². The Morgan fingerprint density at radius 1 is 1.33 bits per heavy atom. The van der Waals surface area contributed by atoms with Crippen LogP contribution in [0.4, 0.5) is 0 Å². The fourth-order valence-electron chi connectivity index (χ4n) is 2.65. The molecule has 1 saturated heterocycles. The van der Waals surface area contributed by atoms with E-state index in [4.69, 9.17) is 11.0 Å². The van der Waals surface area contributed by atoms with Crippen LogP contribution in [0, 0.1) is 17.2 Å². The zero-order valence-electron chi connectivity index (χ0n) is 12.0. The van der Waals surface area contributed by atoms with Crippen LogP contribution in [0.5, 0.6) is 0 Å². The van der Waals surface area contributed by atoms with Gasteiger partial charge in [-0.05, 0) is 56.1 Å². The SMILES string of the molecule is N#Cc1ccc(S(=O)(=O)CCN2CCCC(CN)C2)cc1. The van der Waals surface area contributed by atoms with Gasteiger partial charge in [-0.1, -0.05) is 0 Å². The fraction of sp³-hybridized carbons (Fsp3) is 0.533. The molecule has 1 aromatic rings. The Balaban J connectivity index is 1.96. The highest BCUT2D eigenvalue weighted by Gasteiger charge is 2.21. The van der Waals surface area contributed by atoms with Gasteiger partial charge in [0, 0.05) is 13.1 Å². The van der Waals surface area contributed by atoms with Crippen molar-refractivity contribution in [2.45, 2.75) is 17.7 Å². The average Bonchev–Trinajstić information content (AvgIpc) is 2.53. The number of rotatable bonds is 5. The molecule has 1 fully saturated rings. The van der Waals surface area contributed by atoms with Gasteiger partial charge in [0.25, 0.3) is 0 Å². The number of hydrogen-bond donors (Lipinski definition) is 1. The van der Waals surface area contributed by atoms with E-state index in [-0.39, 0.29) is 10.6 Å². The number of likely N-dealkylation sites (tertiary alicyclic amines) is 1. The quantitative estimate of drug-likeness (QED) is 0.877. The van der Waals surface area contributed by atoms with Crippen molar-refractivity contribution < 1.29 is 8.42 Å². The number of benzene rings is 1. The third kappa shape index (κ3) is 4.27. The average molecular weight is 307 g/mol. The van der Waals surface area contributed by atoms with Gasteiger partial charge in [0.2, 0.25) is 0 Å². The van der Waals surface area contributed by atoms with Gasteiger partial charge in [0.15, 0.2) is 9.84 Å². The summed E-state index contributed by atoms with van der Waals surface area (Å²) < 4.78 is 24.6. The lowest BCUT2D eigenvalue weighted by Crippen LogP contribution is -2.40. The van der Waals surface area contributed by atoms with Crippen molar-refractivity contribution in [3.8, 4) is 6.07 Å². The molecule has 21 heavy (non-hydrogen) atoms. The third-order valence-electron chi connectivity index (χ3n) is 3.96. The molecule has 1 aliphatic rings. The van der Waals surface area contributed by atoms with Crippen molar-refractivity contribution in [1.29, 1.82) is 5.26 Å². The predicted octanol–water partition coefficient (Wildman–Crippen LogP) is 1.00. The zero-order valence-corrected chi connectivity index (χ0v) is 12.8. The number of hydrogen-bond acceptors (Lipinski definition) is 5. The van der Waals surface area contributed by atoms with E-state index in [0.29, 0.717) is 24.6 Å². The summed E-state index contributed by atoms with van der Waals surface area (Å²) in [5, 5.41) is 8.74. The molecule has 0 amide bonds. The summed E-state index contributed by atoms with van der Waals surface area (Å²) in [6, 6.07) is 8.08. The second kappa shape index (κ2) is 7.03. The van der Waals surface area contributed by atoms with Gasteiger partial charge < -0.3 is 10.6 Å². The Morgan fingerprint density at radius 2 is 2.05 bits per heavy atom. The normalized spacial score (nSPS) is 20.1. The van der Waals surface area contributed by atoms with Gasteiger partial charge in [0.05, 0.1) is 22.3 Å². The van der Waals surface area contributed by atoms with E-state index < -0.39 is 9.84 Å². The minimum absolute atomic E-state index is 0.107. The topological polar surface area (TPSA) is 87.2 Å². The van der Waals surface area contributed by atoms with E-state index in [1.54, 1.807) is 0 Å². The molecule has 1 heterocycles. The standard InChI is InChI=1S/C15H21N3O2S/c16-10-13-3-5-15(6-4-13)21(19,20)9-8-18-7-1-2-14(11-17)12-18/h3-6,14H,1-2,7-9,11-12,17H2. The molecule has 1 aliphatic heterocycles. The van der Waals surface area contributed by atoms with Gasteiger partial charge in [-0.15, -0.1) is 0 Å². The van der Waals surface area contributed by atoms with Gasteiger partial charge in [0.1, 0.15) is 0 Å². The molecule has 1 aromatic carbocycles. The molecular weight excluding hydrogens is 286 g/mol.